The van der Waals surface area contributed by atoms with Gasteiger partial charge in [-0.15, -0.1) is 0 Å². The normalized spacial score (nSPS) is 19.6. The second-order valence-electron chi connectivity index (χ2n) is 5.63. The molecule has 0 saturated carbocycles. The number of nitrogens with zero attached hydrogens (tertiary/aromatic N) is 3. The molecule has 1 N–H and O–H groups in total. The van der Waals surface area contributed by atoms with Gasteiger partial charge in [-0.1, -0.05) is 13.0 Å². The van der Waals surface area contributed by atoms with Gasteiger partial charge in [-0.3, -0.25) is 10.1 Å². The summed E-state index contributed by atoms with van der Waals surface area (Å²) in [6.45, 7) is 7.49. The molecule has 116 valence electrons. The Kier molecular flexibility index (Phi) is 5.01. The molecule has 0 spiro atoms. The van der Waals surface area contributed by atoms with Crippen molar-refractivity contribution < 1.29 is 4.92 Å². The van der Waals surface area contributed by atoms with Crippen LogP contribution < -0.4 is 10.2 Å². The Morgan fingerprint density at radius 3 is 2.81 bits per heavy atom. The lowest BCUT2D eigenvalue weighted by atomic mass is 10.1. The van der Waals surface area contributed by atoms with Crippen molar-refractivity contribution in [2.24, 2.45) is 0 Å². The van der Waals surface area contributed by atoms with Crippen LogP contribution in [0.1, 0.15) is 20.3 Å². The smallest absolute Gasteiger partial charge is 0.315 e. The first kappa shape index (κ1) is 15.6. The fourth-order valence-electron chi connectivity index (χ4n) is 2.65. The van der Waals surface area contributed by atoms with Gasteiger partial charge in [-0.25, -0.2) is 0 Å². The summed E-state index contributed by atoms with van der Waals surface area (Å²) in [6.07, 6.45) is 0.937. The summed E-state index contributed by atoms with van der Waals surface area (Å²) in [5.41, 5.74) is 1.54. The zero-order chi connectivity index (χ0) is 15.4. The highest BCUT2D eigenvalue weighted by Gasteiger charge is 2.28. The summed E-state index contributed by atoms with van der Waals surface area (Å²) >= 11 is 0. The molecule has 0 aromatic heterocycles. The predicted octanol–water partition coefficient (Wildman–Crippen LogP) is 2.56. The van der Waals surface area contributed by atoms with Gasteiger partial charge in [-0.05, 0) is 32.5 Å². The number of anilines is 2. The molecule has 21 heavy (non-hydrogen) atoms. The molecular formula is C15H24N4O2. The van der Waals surface area contributed by atoms with Crippen LogP contribution >= 0.6 is 0 Å². The Hall–Kier alpha value is -1.82. The molecular weight excluding hydrogens is 268 g/mol. The number of likely N-dealkylation sites (N-methyl/N-ethyl adjacent to an activating group) is 1. The zero-order valence-corrected chi connectivity index (χ0v) is 13.0. The van der Waals surface area contributed by atoms with E-state index in [4.69, 9.17) is 0 Å². The second kappa shape index (κ2) is 6.76. The third-order valence-corrected chi connectivity index (χ3v) is 4.06. The molecule has 6 heteroatoms. The number of para-hydroxylation sites is 1. The van der Waals surface area contributed by atoms with Crippen molar-refractivity contribution in [2.45, 2.75) is 26.3 Å². The van der Waals surface area contributed by atoms with E-state index < -0.39 is 0 Å². The summed E-state index contributed by atoms with van der Waals surface area (Å²) < 4.78 is 0. The maximum absolute atomic E-state index is 11.5. The third kappa shape index (κ3) is 3.44. The number of hydrogen-bond donors (Lipinski definition) is 1. The van der Waals surface area contributed by atoms with E-state index in [0.29, 0.717) is 11.7 Å². The fourth-order valence-corrected chi connectivity index (χ4v) is 2.65. The van der Waals surface area contributed by atoms with Gasteiger partial charge >= 0.3 is 5.69 Å². The van der Waals surface area contributed by atoms with Gasteiger partial charge in [0.05, 0.1) is 4.92 Å². The summed E-state index contributed by atoms with van der Waals surface area (Å²) in [5.74, 6) is 0. The number of rotatable bonds is 5. The van der Waals surface area contributed by atoms with Crippen molar-refractivity contribution in [3.05, 3.63) is 28.3 Å². The van der Waals surface area contributed by atoms with Crippen LogP contribution in [0.2, 0.25) is 0 Å². The van der Waals surface area contributed by atoms with Gasteiger partial charge in [0.2, 0.25) is 0 Å². The van der Waals surface area contributed by atoms with E-state index in [9.17, 15) is 10.1 Å². The first-order valence-electron chi connectivity index (χ1n) is 7.51. The van der Waals surface area contributed by atoms with Gasteiger partial charge in [0.25, 0.3) is 0 Å². The molecule has 1 saturated heterocycles. The first-order valence-corrected chi connectivity index (χ1v) is 7.51. The molecule has 0 amide bonds. The highest BCUT2D eigenvalue weighted by molar-refractivity contribution is 5.77. The SMILES string of the molecule is CCCNc1cccc(N2CCN(C)C(C)C2)c1[N+](=O)[O-]. The summed E-state index contributed by atoms with van der Waals surface area (Å²) in [6, 6.07) is 5.93. The van der Waals surface area contributed by atoms with E-state index in [0.717, 1.165) is 38.3 Å². The van der Waals surface area contributed by atoms with Gasteiger partial charge in [0.15, 0.2) is 0 Å². The number of nitrogens with one attached hydrogen (secondary N) is 1. The average molecular weight is 292 g/mol. The quantitative estimate of drug-likeness (QED) is 0.667. The highest BCUT2D eigenvalue weighted by atomic mass is 16.6. The monoisotopic (exact) mass is 292 g/mol. The van der Waals surface area contributed by atoms with Crippen LogP contribution in [0.4, 0.5) is 17.1 Å². The molecule has 0 bridgehead atoms. The Morgan fingerprint density at radius 1 is 1.43 bits per heavy atom. The molecule has 2 rings (SSSR count). The molecule has 1 aromatic rings. The number of piperazine rings is 1. The van der Waals surface area contributed by atoms with Crippen LogP contribution in [0.25, 0.3) is 0 Å². The molecule has 1 aromatic carbocycles. The summed E-state index contributed by atoms with van der Waals surface area (Å²) in [5, 5.41) is 14.7. The Bertz CT molecular complexity index is 506. The van der Waals surface area contributed by atoms with Crippen molar-refractivity contribution >= 4 is 17.1 Å². The van der Waals surface area contributed by atoms with Crippen LogP contribution in [0, 0.1) is 10.1 Å². The zero-order valence-electron chi connectivity index (χ0n) is 13.0. The van der Waals surface area contributed by atoms with Crippen LogP contribution in [-0.4, -0.2) is 49.1 Å². The lowest BCUT2D eigenvalue weighted by Gasteiger charge is -2.38. The molecule has 1 heterocycles. The van der Waals surface area contributed by atoms with Crippen molar-refractivity contribution in [1.29, 1.82) is 0 Å². The molecule has 1 unspecified atom stereocenters. The minimum absolute atomic E-state index is 0.197. The average Bonchev–Trinajstić information content (AvgIpc) is 2.47. The van der Waals surface area contributed by atoms with E-state index in [2.05, 4.69) is 29.1 Å². The largest absolute Gasteiger partial charge is 0.379 e. The van der Waals surface area contributed by atoms with Gasteiger partial charge in [0, 0.05) is 32.2 Å². The minimum Gasteiger partial charge on any atom is -0.379 e. The topological polar surface area (TPSA) is 61.6 Å². The Morgan fingerprint density at radius 2 is 2.19 bits per heavy atom. The van der Waals surface area contributed by atoms with Gasteiger partial charge in [-0.2, -0.15) is 0 Å². The third-order valence-electron chi connectivity index (χ3n) is 4.06. The number of benzene rings is 1. The Labute approximate surface area is 125 Å². The predicted molar refractivity (Wildman–Crippen MR) is 86.2 cm³/mol. The lowest BCUT2D eigenvalue weighted by Crippen LogP contribution is -2.50. The minimum atomic E-state index is -0.268. The van der Waals surface area contributed by atoms with Crippen molar-refractivity contribution in [3.8, 4) is 0 Å². The lowest BCUT2D eigenvalue weighted by molar-refractivity contribution is -0.383. The van der Waals surface area contributed by atoms with Crippen LogP contribution in [-0.2, 0) is 0 Å². The Balaban J connectivity index is 2.32. The van der Waals surface area contributed by atoms with E-state index in [1.807, 2.05) is 19.1 Å². The molecule has 1 aliphatic heterocycles. The standard InChI is InChI=1S/C15H24N4O2/c1-4-8-16-13-6-5-7-14(15(13)19(20)21)18-10-9-17(3)12(2)11-18/h5-7,12,16H,4,8-11H2,1-3H3. The molecule has 1 fully saturated rings. The van der Waals surface area contributed by atoms with E-state index in [-0.39, 0.29) is 10.6 Å². The fraction of sp³-hybridized carbons (Fsp3) is 0.600. The van der Waals surface area contributed by atoms with Crippen molar-refractivity contribution in [2.75, 3.05) is 43.4 Å². The summed E-state index contributed by atoms with van der Waals surface area (Å²) in [7, 11) is 2.09. The number of hydrogen-bond acceptors (Lipinski definition) is 5. The van der Waals surface area contributed by atoms with Crippen LogP contribution in [0.5, 0.6) is 0 Å². The van der Waals surface area contributed by atoms with Crippen molar-refractivity contribution in [1.82, 2.24) is 4.90 Å². The second-order valence-corrected chi connectivity index (χ2v) is 5.63. The van der Waals surface area contributed by atoms with Crippen molar-refractivity contribution in [3.63, 3.8) is 0 Å². The van der Waals surface area contributed by atoms with Crippen LogP contribution in [0.15, 0.2) is 18.2 Å². The highest BCUT2D eigenvalue weighted by Crippen LogP contribution is 2.36. The van der Waals surface area contributed by atoms with Gasteiger partial charge in [0.1, 0.15) is 11.4 Å². The first-order chi connectivity index (χ1) is 10.0. The maximum atomic E-state index is 11.5. The summed E-state index contributed by atoms with van der Waals surface area (Å²) in [4.78, 5) is 15.7. The molecule has 0 radical (unpaired) electrons. The number of nitro benzene ring substituents is 1. The van der Waals surface area contributed by atoms with Gasteiger partial charge < -0.3 is 15.1 Å². The van der Waals surface area contributed by atoms with Crippen LogP contribution in [0.3, 0.4) is 0 Å². The molecule has 1 atom stereocenters. The van der Waals surface area contributed by atoms with E-state index in [1.54, 1.807) is 6.07 Å². The maximum Gasteiger partial charge on any atom is 0.315 e. The molecule has 6 nitrogen and oxygen atoms in total. The van der Waals surface area contributed by atoms with E-state index >= 15 is 0 Å². The molecule has 1 aliphatic rings. The molecule has 0 aliphatic carbocycles. The number of nitro groups is 1. The van der Waals surface area contributed by atoms with E-state index in [1.165, 1.54) is 0 Å².